The minimum absolute atomic E-state index is 0.124. The number of nitrogens with one attached hydrogen (secondary N) is 1. The zero-order valence-electron chi connectivity index (χ0n) is 15.7. The van der Waals surface area contributed by atoms with Crippen molar-refractivity contribution >= 4 is 17.3 Å². The average Bonchev–Trinajstić information content (AvgIpc) is 2.63. The molecule has 4 aliphatic rings. The van der Waals surface area contributed by atoms with Gasteiger partial charge in [-0.1, -0.05) is 0 Å². The Balaban J connectivity index is 1.56. The third kappa shape index (κ3) is 3.51. The highest BCUT2D eigenvalue weighted by Crippen LogP contribution is 2.56. The molecule has 4 saturated carbocycles. The normalized spacial score (nSPS) is 30.5. The van der Waals surface area contributed by atoms with Crippen molar-refractivity contribution in [2.75, 3.05) is 29.0 Å². The van der Waals surface area contributed by atoms with Gasteiger partial charge in [0.2, 0.25) is 0 Å². The van der Waals surface area contributed by atoms with E-state index in [1.807, 2.05) is 4.90 Å². The summed E-state index contributed by atoms with van der Waals surface area (Å²) in [5.74, 6) is 3.86. The van der Waals surface area contributed by atoms with Gasteiger partial charge >= 0.3 is 0 Å². The van der Waals surface area contributed by atoms with Gasteiger partial charge in [0.15, 0.2) is 11.6 Å². The summed E-state index contributed by atoms with van der Waals surface area (Å²) in [6, 6.07) is 4.31. The van der Waals surface area contributed by atoms with Gasteiger partial charge in [-0.2, -0.15) is 10.5 Å². The van der Waals surface area contributed by atoms with Gasteiger partial charge in [0.1, 0.15) is 12.0 Å². The second kappa shape index (κ2) is 7.23. The third-order valence-electron chi connectivity index (χ3n) is 6.57. The smallest absolute Gasteiger partial charge is 0.157 e. The minimum atomic E-state index is 0.124. The summed E-state index contributed by atoms with van der Waals surface area (Å²) in [6.07, 6.45) is 10.1. The standard InChI is InChI=1S/C20H27N7/c21-3-1-5-27(6-2-4-22)19-17(23)18(24-13-25-19)26-20-10-14-7-15(11-20)9-16(8-14)12-20/h13-16H,1-2,5-12,23H2,(H,24,25,26). The van der Waals surface area contributed by atoms with Crippen molar-refractivity contribution in [3.8, 4) is 12.1 Å². The first-order valence-corrected chi connectivity index (χ1v) is 10.00. The molecule has 4 fully saturated rings. The van der Waals surface area contributed by atoms with Crippen LogP contribution in [0.5, 0.6) is 0 Å². The van der Waals surface area contributed by atoms with Crippen LogP contribution in [0.1, 0.15) is 51.4 Å². The van der Waals surface area contributed by atoms with Gasteiger partial charge < -0.3 is 16.0 Å². The van der Waals surface area contributed by atoms with E-state index in [0.29, 0.717) is 43.3 Å². The molecule has 142 valence electrons. The van der Waals surface area contributed by atoms with Crippen LogP contribution in [-0.4, -0.2) is 28.6 Å². The molecule has 5 rings (SSSR count). The largest absolute Gasteiger partial charge is 0.393 e. The molecule has 0 aliphatic heterocycles. The first-order valence-electron chi connectivity index (χ1n) is 10.00. The van der Waals surface area contributed by atoms with Gasteiger partial charge in [0.25, 0.3) is 0 Å². The summed E-state index contributed by atoms with van der Waals surface area (Å²) in [5.41, 5.74) is 7.12. The molecule has 0 aromatic carbocycles. The van der Waals surface area contributed by atoms with E-state index in [4.69, 9.17) is 16.3 Å². The Morgan fingerprint density at radius 3 is 2.11 bits per heavy atom. The maximum absolute atomic E-state index is 8.94. The van der Waals surface area contributed by atoms with E-state index in [9.17, 15) is 0 Å². The number of nitrogens with zero attached hydrogens (tertiary/aromatic N) is 5. The Morgan fingerprint density at radius 1 is 1.04 bits per heavy atom. The van der Waals surface area contributed by atoms with Crippen molar-refractivity contribution in [2.24, 2.45) is 17.8 Å². The van der Waals surface area contributed by atoms with Gasteiger partial charge in [-0.3, -0.25) is 0 Å². The van der Waals surface area contributed by atoms with E-state index in [1.165, 1.54) is 38.5 Å². The quantitative estimate of drug-likeness (QED) is 0.763. The first kappa shape index (κ1) is 17.9. The van der Waals surface area contributed by atoms with Gasteiger partial charge in [-0.05, 0) is 56.3 Å². The lowest BCUT2D eigenvalue weighted by Crippen LogP contribution is -2.55. The molecule has 7 heteroatoms. The molecular weight excluding hydrogens is 338 g/mol. The first-order chi connectivity index (χ1) is 13.1. The van der Waals surface area contributed by atoms with Crippen LogP contribution in [0.3, 0.4) is 0 Å². The molecule has 0 unspecified atom stereocenters. The maximum atomic E-state index is 8.94. The van der Waals surface area contributed by atoms with Crippen LogP contribution in [-0.2, 0) is 0 Å². The van der Waals surface area contributed by atoms with E-state index in [2.05, 4.69) is 27.4 Å². The van der Waals surface area contributed by atoms with E-state index in [-0.39, 0.29) is 5.54 Å². The Hall–Kier alpha value is -2.54. The average molecular weight is 365 g/mol. The van der Waals surface area contributed by atoms with Crippen LogP contribution >= 0.6 is 0 Å². The molecule has 0 spiro atoms. The van der Waals surface area contributed by atoms with E-state index >= 15 is 0 Å². The Morgan fingerprint density at radius 2 is 1.59 bits per heavy atom. The number of nitrogen functional groups attached to an aromatic ring is 1. The van der Waals surface area contributed by atoms with Gasteiger partial charge in [0, 0.05) is 18.6 Å². The summed E-state index contributed by atoms with van der Waals surface area (Å²) in [6.45, 7) is 1.02. The van der Waals surface area contributed by atoms with Crippen molar-refractivity contribution in [2.45, 2.75) is 56.9 Å². The number of nitrogens with two attached hydrogens (primary N) is 1. The molecular formula is C20H27N7. The summed E-state index contributed by atoms with van der Waals surface area (Å²) >= 11 is 0. The molecule has 0 radical (unpaired) electrons. The third-order valence-corrected chi connectivity index (χ3v) is 6.57. The zero-order chi connectivity index (χ0) is 18.9. The van der Waals surface area contributed by atoms with Crippen LogP contribution < -0.4 is 16.0 Å². The summed E-state index contributed by atoms with van der Waals surface area (Å²) in [5, 5.41) is 21.6. The number of hydrogen-bond donors (Lipinski definition) is 2. The lowest BCUT2D eigenvalue weighted by Gasteiger charge is -2.57. The van der Waals surface area contributed by atoms with Crippen LogP contribution in [0, 0.1) is 40.4 Å². The molecule has 27 heavy (non-hydrogen) atoms. The van der Waals surface area contributed by atoms with E-state index in [0.717, 1.165) is 17.8 Å². The monoisotopic (exact) mass is 365 g/mol. The summed E-state index contributed by atoms with van der Waals surface area (Å²) in [4.78, 5) is 10.7. The highest BCUT2D eigenvalue weighted by molar-refractivity contribution is 5.75. The molecule has 3 N–H and O–H groups in total. The van der Waals surface area contributed by atoms with Crippen LogP contribution in [0.2, 0.25) is 0 Å². The van der Waals surface area contributed by atoms with Gasteiger partial charge in [-0.15, -0.1) is 0 Å². The van der Waals surface area contributed by atoms with Crippen molar-refractivity contribution in [3.63, 3.8) is 0 Å². The molecule has 1 aromatic heterocycles. The fraction of sp³-hybridized carbons (Fsp3) is 0.700. The fourth-order valence-corrected chi connectivity index (χ4v) is 5.95. The highest BCUT2D eigenvalue weighted by Gasteiger charge is 2.51. The summed E-state index contributed by atoms with van der Waals surface area (Å²) in [7, 11) is 0. The molecule has 1 aromatic rings. The highest BCUT2D eigenvalue weighted by atomic mass is 15.2. The molecule has 0 saturated heterocycles. The van der Waals surface area contributed by atoms with E-state index in [1.54, 1.807) is 6.33 Å². The molecule has 4 aliphatic carbocycles. The minimum Gasteiger partial charge on any atom is -0.393 e. The SMILES string of the molecule is N#CCCN(CCC#N)c1ncnc(NC23CC4CC(CC(C4)C2)C3)c1N. The zero-order valence-corrected chi connectivity index (χ0v) is 15.7. The van der Waals surface area contributed by atoms with E-state index < -0.39 is 0 Å². The Labute approximate surface area is 160 Å². The van der Waals surface area contributed by atoms with Gasteiger partial charge in [0.05, 0.1) is 25.0 Å². The van der Waals surface area contributed by atoms with Crippen LogP contribution in [0.4, 0.5) is 17.3 Å². The fourth-order valence-electron chi connectivity index (χ4n) is 5.95. The van der Waals surface area contributed by atoms with Crippen molar-refractivity contribution < 1.29 is 0 Å². The topological polar surface area (TPSA) is 115 Å². The number of rotatable bonds is 7. The van der Waals surface area contributed by atoms with Crippen molar-refractivity contribution in [1.29, 1.82) is 10.5 Å². The van der Waals surface area contributed by atoms with Gasteiger partial charge in [-0.25, -0.2) is 9.97 Å². The lowest BCUT2D eigenvalue weighted by atomic mass is 9.53. The second-order valence-electron chi connectivity index (χ2n) is 8.59. The molecule has 4 bridgehead atoms. The summed E-state index contributed by atoms with van der Waals surface area (Å²) < 4.78 is 0. The Bertz CT molecular complexity index is 722. The number of aromatic nitrogens is 2. The predicted octanol–water partition coefficient (Wildman–Crippen LogP) is 3.07. The lowest BCUT2D eigenvalue weighted by molar-refractivity contribution is 0.0106. The predicted molar refractivity (Wildman–Crippen MR) is 104 cm³/mol. The molecule has 7 nitrogen and oxygen atoms in total. The van der Waals surface area contributed by atoms with Crippen molar-refractivity contribution in [3.05, 3.63) is 6.33 Å². The number of nitriles is 2. The Kier molecular flexibility index (Phi) is 4.78. The second-order valence-corrected chi connectivity index (χ2v) is 8.59. The maximum Gasteiger partial charge on any atom is 0.157 e. The van der Waals surface area contributed by atoms with Crippen molar-refractivity contribution in [1.82, 2.24) is 9.97 Å². The number of anilines is 3. The number of hydrogen-bond acceptors (Lipinski definition) is 7. The van der Waals surface area contributed by atoms with Crippen LogP contribution in [0.15, 0.2) is 6.33 Å². The molecule has 0 atom stereocenters. The molecule has 0 amide bonds. The molecule has 1 heterocycles. The van der Waals surface area contributed by atoms with Crippen LogP contribution in [0.25, 0.3) is 0 Å².